The van der Waals surface area contributed by atoms with E-state index < -0.39 is 16.1 Å². The molecule has 0 aliphatic carbocycles. The van der Waals surface area contributed by atoms with Crippen LogP contribution >= 0.6 is 0 Å². The van der Waals surface area contributed by atoms with E-state index in [0.29, 0.717) is 25.2 Å². The molecule has 1 aliphatic heterocycles. The number of sulfonamides is 1. The molecule has 23 heavy (non-hydrogen) atoms. The Morgan fingerprint density at radius 3 is 3.00 bits per heavy atom. The highest BCUT2D eigenvalue weighted by atomic mass is 32.2. The van der Waals surface area contributed by atoms with Gasteiger partial charge in [0, 0.05) is 25.7 Å². The lowest BCUT2D eigenvalue weighted by molar-refractivity contribution is 0.256. The van der Waals surface area contributed by atoms with E-state index in [4.69, 9.17) is 4.74 Å². The number of hydrogen-bond donors (Lipinski definition) is 2. The molecule has 1 aliphatic rings. The van der Waals surface area contributed by atoms with Crippen LogP contribution < -0.4 is 9.46 Å². The SMILES string of the molecule is Cn1cc(C[C@@H](CO)NS(=O)(=O)c2cccc3c2OCC3)cn1. The quantitative estimate of drug-likeness (QED) is 0.787. The number of rotatable bonds is 6. The van der Waals surface area contributed by atoms with E-state index in [1.807, 2.05) is 6.07 Å². The molecule has 8 heteroatoms. The first-order chi connectivity index (χ1) is 11.0. The van der Waals surface area contributed by atoms with Gasteiger partial charge in [-0.3, -0.25) is 4.68 Å². The lowest BCUT2D eigenvalue weighted by atomic mass is 10.1. The third kappa shape index (κ3) is 3.39. The van der Waals surface area contributed by atoms with Crippen LogP contribution in [0, 0.1) is 0 Å². The number of fused-ring (bicyclic) bond motifs is 1. The standard InChI is InChI=1S/C15H19N3O4S/c1-18-9-11(8-16-18)7-13(10-19)17-23(20,21)14-4-2-3-12-5-6-22-15(12)14/h2-4,8-9,13,17,19H,5-7,10H2,1H3/t13-/m0/s1. The number of aryl methyl sites for hydroxylation is 1. The van der Waals surface area contributed by atoms with Gasteiger partial charge in [-0.05, 0) is 23.6 Å². The van der Waals surface area contributed by atoms with Gasteiger partial charge in [-0.25, -0.2) is 13.1 Å². The molecule has 1 aromatic carbocycles. The Bertz CT molecular complexity index is 801. The minimum absolute atomic E-state index is 0.122. The molecular formula is C15H19N3O4S. The van der Waals surface area contributed by atoms with Crippen molar-refractivity contribution in [1.29, 1.82) is 0 Å². The van der Waals surface area contributed by atoms with E-state index in [-0.39, 0.29) is 11.5 Å². The zero-order valence-electron chi connectivity index (χ0n) is 12.8. The third-order valence-corrected chi connectivity index (χ3v) is 5.29. The van der Waals surface area contributed by atoms with E-state index in [2.05, 4.69) is 9.82 Å². The van der Waals surface area contributed by atoms with Crippen molar-refractivity contribution in [1.82, 2.24) is 14.5 Å². The number of para-hydroxylation sites is 1. The van der Waals surface area contributed by atoms with Gasteiger partial charge in [-0.15, -0.1) is 0 Å². The minimum Gasteiger partial charge on any atom is -0.492 e. The zero-order valence-corrected chi connectivity index (χ0v) is 13.6. The molecule has 3 rings (SSSR count). The maximum atomic E-state index is 12.6. The lowest BCUT2D eigenvalue weighted by Crippen LogP contribution is -2.39. The molecule has 0 radical (unpaired) electrons. The Labute approximate surface area is 134 Å². The van der Waals surface area contributed by atoms with E-state index >= 15 is 0 Å². The average molecular weight is 337 g/mol. The third-order valence-electron chi connectivity index (χ3n) is 3.75. The summed E-state index contributed by atoms with van der Waals surface area (Å²) in [7, 11) is -1.99. The zero-order chi connectivity index (χ0) is 16.4. The van der Waals surface area contributed by atoms with Crippen LogP contribution in [0.5, 0.6) is 5.75 Å². The van der Waals surface area contributed by atoms with E-state index in [9.17, 15) is 13.5 Å². The highest BCUT2D eigenvalue weighted by Gasteiger charge is 2.27. The van der Waals surface area contributed by atoms with Crippen molar-refractivity contribution in [3.8, 4) is 5.75 Å². The van der Waals surface area contributed by atoms with Gasteiger partial charge < -0.3 is 9.84 Å². The summed E-state index contributed by atoms with van der Waals surface area (Å²) < 4.78 is 34.9. The molecule has 2 N–H and O–H groups in total. The number of aliphatic hydroxyl groups is 1. The van der Waals surface area contributed by atoms with Crippen LogP contribution in [0.1, 0.15) is 11.1 Å². The van der Waals surface area contributed by atoms with Crippen LogP contribution in [-0.4, -0.2) is 42.6 Å². The first-order valence-electron chi connectivity index (χ1n) is 7.35. The summed E-state index contributed by atoms with van der Waals surface area (Å²) in [5.74, 6) is 0.415. The minimum atomic E-state index is -3.77. The van der Waals surface area contributed by atoms with Crippen molar-refractivity contribution in [3.05, 3.63) is 41.7 Å². The molecule has 0 amide bonds. The second-order valence-corrected chi connectivity index (χ2v) is 7.25. The monoisotopic (exact) mass is 337 g/mol. The number of benzene rings is 1. The van der Waals surface area contributed by atoms with Crippen LogP contribution in [-0.2, 0) is 29.9 Å². The highest BCUT2D eigenvalue weighted by molar-refractivity contribution is 7.89. The molecule has 0 fully saturated rings. The van der Waals surface area contributed by atoms with Crippen LogP contribution in [0.3, 0.4) is 0 Å². The molecule has 0 spiro atoms. The predicted molar refractivity (Wildman–Crippen MR) is 83.7 cm³/mol. The molecule has 7 nitrogen and oxygen atoms in total. The Morgan fingerprint density at radius 2 is 2.30 bits per heavy atom. The molecule has 124 valence electrons. The molecule has 0 saturated heterocycles. The molecule has 1 atom stereocenters. The normalized spacial score (nSPS) is 15.2. The largest absolute Gasteiger partial charge is 0.492 e. The van der Waals surface area contributed by atoms with E-state index in [1.165, 1.54) is 6.07 Å². The van der Waals surface area contributed by atoms with Crippen LogP contribution in [0.15, 0.2) is 35.5 Å². The summed E-state index contributed by atoms with van der Waals surface area (Å²) in [6.07, 6.45) is 4.51. The van der Waals surface area contributed by atoms with Gasteiger partial charge >= 0.3 is 0 Å². The van der Waals surface area contributed by atoms with Gasteiger partial charge in [-0.2, -0.15) is 5.10 Å². The second kappa shape index (κ2) is 6.31. The fourth-order valence-corrected chi connectivity index (χ4v) is 4.10. The van der Waals surface area contributed by atoms with E-state index in [0.717, 1.165) is 11.1 Å². The van der Waals surface area contributed by atoms with Crippen molar-refractivity contribution in [2.45, 2.75) is 23.8 Å². The highest BCUT2D eigenvalue weighted by Crippen LogP contribution is 2.32. The summed E-state index contributed by atoms with van der Waals surface area (Å²) in [6, 6.07) is 4.46. The number of nitrogens with one attached hydrogen (secondary N) is 1. The Kier molecular flexibility index (Phi) is 4.38. The number of nitrogens with zero attached hydrogens (tertiary/aromatic N) is 2. The smallest absolute Gasteiger partial charge is 0.244 e. The maximum absolute atomic E-state index is 12.6. The van der Waals surface area contributed by atoms with Crippen molar-refractivity contribution >= 4 is 10.0 Å². The summed E-state index contributed by atoms with van der Waals surface area (Å²) in [5.41, 5.74) is 1.74. The molecular weight excluding hydrogens is 318 g/mol. The molecule has 0 bridgehead atoms. The number of aliphatic hydroxyl groups excluding tert-OH is 1. The van der Waals surface area contributed by atoms with Gasteiger partial charge in [-0.1, -0.05) is 12.1 Å². The molecule has 0 saturated carbocycles. The number of aromatic nitrogens is 2. The van der Waals surface area contributed by atoms with Crippen molar-refractivity contribution in [2.24, 2.45) is 7.05 Å². The number of hydrogen-bond acceptors (Lipinski definition) is 5. The first kappa shape index (κ1) is 16.0. The van der Waals surface area contributed by atoms with Gasteiger partial charge in [0.2, 0.25) is 10.0 Å². The number of ether oxygens (including phenoxy) is 1. The molecule has 0 unspecified atom stereocenters. The fourth-order valence-electron chi connectivity index (χ4n) is 2.68. The first-order valence-corrected chi connectivity index (χ1v) is 8.83. The Morgan fingerprint density at radius 1 is 1.48 bits per heavy atom. The molecule has 1 aromatic heterocycles. The van der Waals surface area contributed by atoms with Crippen molar-refractivity contribution in [3.63, 3.8) is 0 Å². The van der Waals surface area contributed by atoms with Gasteiger partial charge in [0.15, 0.2) is 0 Å². The maximum Gasteiger partial charge on any atom is 0.244 e. The lowest BCUT2D eigenvalue weighted by Gasteiger charge is -2.17. The topological polar surface area (TPSA) is 93.5 Å². The van der Waals surface area contributed by atoms with Crippen molar-refractivity contribution < 1.29 is 18.3 Å². The van der Waals surface area contributed by atoms with Crippen molar-refractivity contribution in [2.75, 3.05) is 13.2 Å². The van der Waals surface area contributed by atoms with Crippen LogP contribution in [0.25, 0.3) is 0 Å². The Hall–Kier alpha value is -1.90. The summed E-state index contributed by atoms with van der Waals surface area (Å²) in [6.45, 7) is 0.186. The Balaban J connectivity index is 1.81. The fraction of sp³-hybridized carbons (Fsp3) is 0.400. The molecule has 2 aromatic rings. The van der Waals surface area contributed by atoms with Gasteiger partial charge in [0.25, 0.3) is 0 Å². The van der Waals surface area contributed by atoms with Gasteiger partial charge in [0.05, 0.1) is 19.4 Å². The second-order valence-electron chi connectivity index (χ2n) is 5.57. The van der Waals surface area contributed by atoms with Gasteiger partial charge in [0.1, 0.15) is 10.6 Å². The van der Waals surface area contributed by atoms with E-state index in [1.54, 1.807) is 30.2 Å². The van der Waals surface area contributed by atoms with Crippen LogP contribution in [0.2, 0.25) is 0 Å². The van der Waals surface area contributed by atoms with Crippen LogP contribution in [0.4, 0.5) is 0 Å². The summed E-state index contributed by atoms with van der Waals surface area (Å²) in [4.78, 5) is 0.122. The predicted octanol–water partition coefficient (Wildman–Crippen LogP) is 0.237. The summed E-state index contributed by atoms with van der Waals surface area (Å²) in [5, 5.41) is 13.6. The average Bonchev–Trinajstić information content (AvgIpc) is 3.14. The summed E-state index contributed by atoms with van der Waals surface area (Å²) >= 11 is 0. The molecule has 2 heterocycles.